The van der Waals surface area contributed by atoms with Crippen LogP contribution in [0.2, 0.25) is 0 Å². The zero-order valence-electron chi connectivity index (χ0n) is 11.4. The van der Waals surface area contributed by atoms with Crippen molar-refractivity contribution in [1.29, 1.82) is 0 Å². The predicted octanol–water partition coefficient (Wildman–Crippen LogP) is 2.18. The van der Waals surface area contributed by atoms with Crippen LogP contribution < -0.4 is 0 Å². The molecule has 0 fully saturated rings. The minimum Gasteiger partial charge on any atom is -0.292 e. The zero-order chi connectivity index (χ0) is 12.9. The first-order valence-corrected chi connectivity index (χ1v) is 4.69. The summed E-state index contributed by atoms with van der Waals surface area (Å²) in [6.07, 6.45) is 5.90. The van der Waals surface area contributed by atoms with Gasteiger partial charge in [0.2, 0.25) is 0 Å². The Balaban J connectivity index is 2.73. The van der Waals surface area contributed by atoms with E-state index in [-0.39, 0.29) is 12.6 Å². The fraction of sp³-hybridized carbons (Fsp3) is 0.385. The lowest BCUT2D eigenvalue weighted by Crippen LogP contribution is -2.31. The van der Waals surface area contributed by atoms with E-state index in [1.54, 1.807) is 0 Å². The number of rotatable bonds is 4. The second-order valence-electron chi connectivity index (χ2n) is 3.37. The van der Waals surface area contributed by atoms with E-state index in [9.17, 15) is 0 Å². The van der Waals surface area contributed by atoms with Crippen LogP contribution in [0.25, 0.3) is 0 Å². The molecule has 1 aromatic rings. The minimum atomic E-state index is -2.14. The minimum absolute atomic E-state index is 0.110. The molecule has 0 radical (unpaired) electrons. The van der Waals surface area contributed by atoms with Gasteiger partial charge in [0.1, 0.15) is 0 Å². The molecule has 0 bridgehead atoms. The normalized spacial score (nSPS) is 16.5. The van der Waals surface area contributed by atoms with Crippen molar-refractivity contribution in [3.05, 3.63) is 35.9 Å². The summed E-state index contributed by atoms with van der Waals surface area (Å²) in [5, 5.41) is 0. The Morgan fingerprint density at radius 3 is 2.79 bits per heavy atom. The maximum atomic E-state index is 7.45. The molecule has 0 saturated carbocycles. The Morgan fingerprint density at radius 2 is 2.21 bits per heavy atom. The van der Waals surface area contributed by atoms with Crippen LogP contribution in [0.15, 0.2) is 30.3 Å². The van der Waals surface area contributed by atoms with Crippen molar-refractivity contribution in [3.63, 3.8) is 0 Å². The van der Waals surface area contributed by atoms with Gasteiger partial charge in [-0.1, -0.05) is 36.3 Å². The van der Waals surface area contributed by atoms with Crippen LogP contribution in [-0.4, -0.2) is 24.5 Å². The maximum absolute atomic E-state index is 7.45. The molecule has 0 N–H and O–H groups in total. The Bertz CT molecular complexity index is 378. The van der Waals surface area contributed by atoms with Crippen LogP contribution in [0.1, 0.15) is 16.6 Å². The van der Waals surface area contributed by atoms with Gasteiger partial charge >= 0.3 is 0 Å². The van der Waals surface area contributed by atoms with Gasteiger partial charge in [-0.3, -0.25) is 4.90 Å². The summed E-state index contributed by atoms with van der Waals surface area (Å²) in [6, 6.07) is 9.71. The third-order valence-corrected chi connectivity index (χ3v) is 2.17. The summed E-state index contributed by atoms with van der Waals surface area (Å²) in [7, 11) is 0. The Kier molecular flexibility index (Phi) is 2.77. The number of terminal acetylenes is 1. The maximum Gasteiger partial charge on any atom is 0.0598 e. The van der Waals surface area contributed by atoms with Crippen molar-refractivity contribution >= 4 is 0 Å². The van der Waals surface area contributed by atoms with Gasteiger partial charge in [0.15, 0.2) is 0 Å². The molecule has 74 valence electrons. The van der Waals surface area contributed by atoms with Crippen molar-refractivity contribution < 1.29 is 4.11 Å². The molecule has 0 aliphatic heterocycles. The highest BCUT2D eigenvalue weighted by atomic mass is 15.1. The molecule has 1 nitrogen and oxygen atoms in total. The third-order valence-electron chi connectivity index (χ3n) is 2.17. The van der Waals surface area contributed by atoms with Crippen LogP contribution >= 0.6 is 0 Å². The molecule has 0 unspecified atom stereocenters. The van der Waals surface area contributed by atoms with Gasteiger partial charge in [-0.15, -0.1) is 6.42 Å². The quantitative estimate of drug-likeness (QED) is 0.658. The molecule has 1 heteroatoms. The smallest absolute Gasteiger partial charge is 0.0598 e. The van der Waals surface area contributed by atoms with E-state index in [2.05, 4.69) is 5.92 Å². The molecule has 14 heavy (non-hydrogen) atoms. The van der Waals surface area contributed by atoms with Crippen LogP contribution in [0.5, 0.6) is 0 Å². The van der Waals surface area contributed by atoms with Gasteiger partial charge in [0, 0.05) is 10.2 Å². The molecule has 0 aliphatic carbocycles. The molecule has 0 aromatic heterocycles. The van der Waals surface area contributed by atoms with Crippen molar-refractivity contribution in [2.75, 3.05) is 13.5 Å². The van der Waals surface area contributed by atoms with Crippen molar-refractivity contribution in [3.8, 4) is 12.3 Å². The fourth-order valence-electron chi connectivity index (χ4n) is 1.32. The molecule has 0 saturated heterocycles. The predicted molar refractivity (Wildman–Crippen MR) is 61.1 cm³/mol. The van der Waals surface area contributed by atoms with Crippen molar-refractivity contribution in [2.24, 2.45) is 0 Å². The van der Waals surface area contributed by atoms with Gasteiger partial charge in [-0.25, -0.2) is 0 Å². The second-order valence-corrected chi connectivity index (χ2v) is 3.37. The summed E-state index contributed by atoms with van der Waals surface area (Å²) >= 11 is 0. The Morgan fingerprint density at radius 1 is 1.50 bits per heavy atom. The standard InChI is InChI=1S/C13H17N/c1-4-10-14(3)12(2)11-13-8-6-5-7-9-13/h1,5-9,12H,10-11H2,2-3H3/t12-/m0/s1/i3D3. The molecule has 0 heterocycles. The first kappa shape index (κ1) is 7.09. The summed E-state index contributed by atoms with van der Waals surface area (Å²) < 4.78 is 22.4. The van der Waals surface area contributed by atoms with Crippen LogP contribution in [-0.2, 0) is 6.42 Å². The second kappa shape index (κ2) is 5.47. The zero-order valence-corrected chi connectivity index (χ0v) is 8.40. The van der Waals surface area contributed by atoms with Crippen molar-refractivity contribution in [2.45, 2.75) is 19.4 Å². The largest absolute Gasteiger partial charge is 0.292 e. The van der Waals surface area contributed by atoms with Crippen LogP contribution in [0, 0.1) is 12.3 Å². The fourth-order valence-corrected chi connectivity index (χ4v) is 1.32. The molecule has 0 amide bonds. The van der Waals surface area contributed by atoms with Gasteiger partial charge in [-0.2, -0.15) is 0 Å². The average Bonchev–Trinajstić information content (AvgIpc) is 2.25. The van der Waals surface area contributed by atoms with E-state index >= 15 is 0 Å². The van der Waals surface area contributed by atoms with E-state index in [1.165, 1.54) is 4.90 Å². The first-order chi connectivity index (χ1) is 7.95. The lowest BCUT2D eigenvalue weighted by molar-refractivity contribution is 0.287. The third kappa shape index (κ3) is 3.24. The van der Waals surface area contributed by atoms with Gasteiger partial charge in [0.25, 0.3) is 0 Å². The Hall–Kier alpha value is -1.26. The molecule has 1 rings (SSSR count). The van der Waals surface area contributed by atoms with Gasteiger partial charge < -0.3 is 0 Å². The van der Waals surface area contributed by atoms with Crippen LogP contribution in [0.3, 0.4) is 0 Å². The summed E-state index contributed by atoms with van der Waals surface area (Å²) in [6.45, 7) is -0.109. The highest BCUT2D eigenvalue weighted by Gasteiger charge is 2.07. The number of likely N-dealkylation sites (N-methyl/N-ethyl adjacent to an activating group) is 1. The van der Waals surface area contributed by atoms with E-state index in [4.69, 9.17) is 10.5 Å². The SMILES string of the molecule is [2H]C([2H])([2H])N(CC#C)[C@@H](C)Cc1ccccc1. The summed E-state index contributed by atoms with van der Waals surface area (Å²) in [5.74, 6) is 2.41. The van der Waals surface area contributed by atoms with E-state index in [1.807, 2.05) is 37.3 Å². The lowest BCUT2D eigenvalue weighted by Gasteiger charge is -2.22. The number of nitrogens with zero attached hydrogens (tertiary/aromatic N) is 1. The first-order valence-electron chi connectivity index (χ1n) is 6.19. The summed E-state index contributed by atoms with van der Waals surface area (Å²) in [5.41, 5.74) is 1.12. The van der Waals surface area contributed by atoms with Gasteiger partial charge in [-0.05, 0) is 25.9 Å². The van der Waals surface area contributed by atoms with E-state index in [0.29, 0.717) is 6.42 Å². The Labute approximate surface area is 91.0 Å². The number of benzene rings is 1. The van der Waals surface area contributed by atoms with E-state index in [0.717, 1.165) is 5.56 Å². The van der Waals surface area contributed by atoms with Crippen molar-refractivity contribution in [1.82, 2.24) is 4.90 Å². The van der Waals surface area contributed by atoms with Gasteiger partial charge in [0.05, 0.1) is 6.54 Å². The lowest BCUT2D eigenvalue weighted by atomic mass is 10.1. The highest BCUT2D eigenvalue weighted by molar-refractivity contribution is 5.15. The van der Waals surface area contributed by atoms with Crippen LogP contribution in [0.4, 0.5) is 0 Å². The molecular weight excluding hydrogens is 170 g/mol. The molecule has 0 spiro atoms. The highest BCUT2D eigenvalue weighted by Crippen LogP contribution is 2.06. The monoisotopic (exact) mass is 190 g/mol. The van der Waals surface area contributed by atoms with E-state index < -0.39 is 6.98 Å². The molecule has 1 atom stereocenters. The molecule has 1 aromatic carbocycles. The number of hydrogen-bond acceptors (Lipinski definition) is 1. The number of hydrogen-bond donors (Lipinski definition) is 0. The molecule has 0 aliphatic rings. The molecular formula is C13H17N. The topological polar surface area (TPSA) is 3.24 Å². The summed E-state index contributed by atoms with van der Waals surface area (Å²) in [4.78, 5) is 1.38. The average molecular weight is 190 g/mol.